The fourth-order valence-electron chi connectivity index (χ4n) is 0.677. The van der Waals surface area contributed by atoms with Crippen molar-refractivity contribution in [2.24, 2.45) is 0 Å². The van der Waals surface area contributed by atoms with Gasteiger partial charge in [0.1, 0.15) is 0 Å². The summed E-state index contributed by atoms with van der Waals surface area (Å²) in [6.07, 6.45) is 0.634. The average Bonchev–Trinajstić information content (AvgIpc) is 2.01. The quantitative estimate of drug-likeness (QED) is 0.545. The summed E-state index contributed by atoms with van der Waals surface area (Å²) in [6, 6.07) is 3.06. The van der Waals surface area contributed by atoms with Crippen molar-refractivity contribution in [3.63, 3.8) is 0 Å². The molecule has 11 heavy (non-hydrogen) atoms. The molecule has 4 heteroatoms. The highest BCUT2D eigenvalue weighted by molar-refractivity contribution is 6.40. The molecule has 0 atom stereocenters. The van der Waals surface area contributed by atoms with E-state index in [1.165, 1.54) is 12.1 Å². The van der Waals surface area contributed by atoms with E-state index in [0.29, 0.717) is 16.9 Å². The molecule has 0 spiro atoms. The topological polar surface area (TPSA) is 43.1 Å². The number of aldehydes is 1. The summed E-state index contributed by atoms with van der Waals surface area (Å²) in [4.78, 5) is 10.3. The largest absolute Gasteiger partial charge is 0.396 e. The lowest BCUT2D eigenvalue weighted by Crippen LogP contribution is -1.91. The van der Waals surface area contributed by atoms with E-state index in [0.717, 1.165) is 0 Å². The van der Waals surface area contributed by atoms with Gasteiger partial charge in [-0.25, -0.2) is 0 Å². The maximum absolute atomic E-state index is 10.3. The number of rotatable bonds is 1. The first-order chi connectivity index (χ1) is 5.16. The molecule has 2 nitrogen and oxygen atoms in total. The summed E-state index contributed by atoms with van der Waals surface area (Å²) in [7, 11) is 0. The Morgan fingerprint density at radius 3 is 2.55 bits per heavy atom. The maximum atomic E-state index is 10.3. The Morgan fingerprint density at radius 1 is 1.36 bits per heavy atom. The van der Waals surface area contributed by atoms with E-state index >= 15 is 0 Å². The Labute approximate surface area is 73.9 Å². The number of nitrogen functional groups attached to an aromatic ring is 1. The molecule has 0 aliphatic carbocycles. The molecule has 0 heterocycles. The number of carbonyl (C=O) groups is 1. The van der Waals surface area contributed by atoms with Crippen LogP contribution >= 0.6 is 23.2 Å². The van der Waals surface area contributed by atoms with E-state index in [4.69, 9.17) is 28.9 Å². The Balaban J connectivity index is 3.36. The van der Waals surface area contributed by atoms with Gasteiger partial charge < -0.3 is 5.73 Å². The van der Waals surface area contributed by atoms with Gasteiger partial charge in [0.15, 0.2) is 6.29 Å². The number of anilines is 1. The summed E-state index contributed by atoms with van der Waals surface area (Å²) >= 11 is 11.3. The molecule has 1 aromatic carbocycles. The molecule has 0 amide bonds. The summed E-state index contributed by atoms with van der Waals surface area (Å²) in [6.45, 7) is 0. The van der Waals surface area contributed by atoms with E-state index < -0.39 is 0 Å². The third-order valence-electron chi connectivity index (χ3n) is 1.28. The van der Waals surface area contributed by atoms with Crippen LogP contribution in [0.4, 0.5) is 5.69 Å². The molecule has 0 aliphatic heterocycles. The number of hydrogen-bond donors (Lipinski definition) is 1. The van der Waals surface area contributed by atoms with Crippen molar-refractivity contribution in [2.45, 2.75) is 0 Å². The van der Waals surface area contributed by atoms with Gasteiger partial charge in [-0.1, -0.05) is 23.2 Å². The Hall–Kier alpha value is -0.730. The minimum Gasteiger partial charge on any atom is -0.396 e. The minimum atomic E-state index is 0.215. The Morgan fingerprint density at radius 2 is 2.00 bits per heavy atom. The van der Waals surface area contributed by atoms with Crippen LogP contribution in [-0.2, 0) is 0 Å². The van der Waals surface area contributed by atoms with Gasteiger partial charge in [-0.2, -0.15) is 0 Å². The van der Waals surface area contributed by atoms with Crippen molar-refractivity contribution in [3.05, 3.63) is 27.7 Å². The van der Waals surface area contributed by atoms with E-state index in [1.54, 1.807) is 0 Å². The van der Waals surface area contributed by atoms with Gasteiger partial charge in [-0.3, -0.25) is 4.79 Å². The first-order valence-electron chi connectivity index (χ1n) is 2.85. The van der Waals surface area contributed by atoms with Crippen molar-refractivity contribution in [2.75, 3.05) is 5.73 Å². The van der Waals surface area contributed by atoms with Crippen LogP contribution in [0.3, 0.4) is 0 Å². The molecule has 0 aliphatic rings. The van der Waals surface area contributed by atoms with Crippen molar-refractivity contribution in [3.8, 4) is 0 Å². The van der Waals surface area contributed by atoms with Crippen molar-refractivity contribution < 1.29 is 4.79 Å². The molecule has 0 unspecified atom stereocenters. The molecule has 58 valence electrons. The molecule has 0 bridgehead atoms. The van der Waals surface area contributed by atoms with E-state index in [2.05, 4.69) is 0 Å². The van der Waals surface area contributed by atoms with Gasteiger partial charge >= 0.3 is 0 Å². The second-order valence-corrected chi connectivity index (χ2v) is 2.77. The average molecular weight is 190 g/mol. The van der Waals surface area contributed by atoms with Crippen LogP contribution in [0.25, 0.3) is 0 Å². The predicted molar refractivity (Wildman–Crippen MR) is 46.3 cm³/mol. The lowest BCUT2D eigenvalue weighted by atomic mass is 10.2. The lowest BCUT2D eigenvalue weighted by molar-refractivity contribution is 0.112. The van der Waals surface area contributed by atoms with E-state index in [9.17, 15) is 4.79 Å². The molecule has 0 saturated heterocycles. The molecule has 0 aromatic heterocycles. The summed E-state index contributed by atoms with van der Waals surface area (Å²) < 4.78 is 0. The first-order valence-corrected chi connectivity index (χ1v) is 3.61. The fourth-order valence-corrected chi connectivity index (χ4v) is 1.09. The van der Waals surface area contributed by atoms with Crippen LogP contribution in [0, 0.1) is 0 Å². The predicted octanol–water partition coefficient (Wildman–Crippen LogP) is 2.39. The monoisotopic (exact) mass is 189 g/mol. The molecule has 1 aromatic rings. The highest BCUT2D eigenvalue weighted by Crippen LogP contribution is 2.29. The number of hydrogen-bond acceptors (Lipinski definition) is 2. The SMILES string of the molecule is Nc1c(Cl)ccc(C=O)c1Cl. The highest BCUT2D eigenvalue weighted by Gasteiger charge is 2.05. The second-order valence-electron chi connectivity index (χ2n) is 1.98. The molecule has 2 N–H and O–H groups in total. The van der Waals surface area contributed by atoms with Crippen molar-refractivity contribution in [1.82, 2.24) is 0 Å². The van der Waals surface area contributed by atoms with Crippen LogP contribution in [0.5, 0.6) is 0 Å². The zero-order valence-electron chi connectivity index (χ0n) is 5.47. The highest BCUT2D eigenvalue weighted by atomic mass is 35.5. The van der Waals surface area contributed by atoms with Gasteiger partial charge in [0.25, 0.3) is 0 Å². The zero-order valence-corrected chi connectivity index (χ0v) is 6.99. The van der Waals surface area contributed by atoms with E-state index in [-0.39, 0.29) is 10.7 Å². The normalized spacial score (nSPS) is 9.64. The number of halogens is 2. The van der Waals surface area contributed by atoms with Gasteiger partial charge in [0, 0.05) is 5.56 Å². The van der Waals surface area contributed by atoms with Crippen LogP contribution in [-0.4, -0.2) is 6.29 Å². The third-order valence-corrected chi connectivity index (χ3v) is 2.03. The lowest BCUT2D eigenvalue weighted by Gasteiger charge is -2.01. The summed E-state index contributed by atoms with van der Waals surface area (Å²) in [5.41, 5.74) is 6.04. The van der Waals surface area contributed by atoms with Crippen molar-refractivity contribution in [1.29, 1.82) is 0 Å². The number of benzene rings is 1. The maximum Gasteiger partial charge on any atom is 0.151 e. The van der Waals surface area contributed by atoms with Crippen LogP contribution in [0.2, 0.25) is 10.0 Å². The van der Waals surface area contributed by atoms with Gasteiger partial charge in [-0.15, -0.1) is 0 Å². The van der Waals surface area contributed by atoms with Gasteiger partial charge in [0.2, 0.25) is 0 Å². The van der Waals surface area contributed by atoms with Gasteiger partial charge in [-0.05, 0) is 12.1 Å². The van der Waals surface area contributed by atoms with Crippen LogP contribution in [0.15, 0.2) is 12.1 Å². The first kappa shape index (κ1) is 8.37. The molecule has 0 radical (unpaired) electrons. The smallest absolute Gasteiger partial charge is 0.151 e. The van der Waals surface area contributed by atoms with Crippen LogP contribution in [0.1, 0.15) is 10.4 Å². The fraction of sp³-hybridized carbons (Fsp3) is 0. The summed E-state index contributed by atoms with van der Waals surface area (Å²) in [5.74, 6) is 0. The van der Waals surface area contributed by atoms with Crippen LogP contribution < -0.4 is 5.73 Å². The number of nitrogens with two attached hydrogens (primary N) is 1. The second kappa shape index (κ2) is 3.11. The summed E-state index contributed by atoms with van der Waals surface area (Å²) in [5, 5.41) is 0.577. The number of carbonyl (C=O) groups excluding carboxylic acids is 1. The minimum absolute atomic E-state index is 0.215. The molecular formula is C7H5Cl2NO. The molecular weight excluding hydrogens is 185 g/mol. The Bertz CT molecular complexity index is 299. The third kappa shape index (κ3) is 1.47. The molecule has 0 saturated carbocycles. The molecule has 1 rings (SSSR count). The Kier molecular flexibility index (Phi) is 2.37. The van der Waals surface area contributed by atoms with Gasteiger partial charge in [0.05, 0.1) is 15.7 Å². The zero-order chi connectivity index (χ0) is 8.43. The standard InChI is InChI=1S/C7H5Cl2NO/c8-5-2-1-4(3-11)6(9)7(5)10/h1-3H,10H2. The van der Waals surface area contributed by atoms with E-state index in [1.807, 2.05) is 0 Å². The van der Waals surface area contributed by atoms with Crippen molar-refractivity contribution >= 4 is 35.2 Å². The molecule has 0 fully saturated rings.